The van der Waals surface area contributed by atoms with Gasteiger partial charge in [-0.2, -0.15) is 5.10 Å². The molecule has 34 heavy (non-hydrogen) atoms. The van der Waals surface area contributed by atoms with Gasteiger partial charge in [0.1, 0.15) is 11.5 Å². The highest BCUT2D eigenvalue weighted by molar-refractivity contribution is 7.92. The van der Waals surface area contributed by atoms with Crippen molar-refractivity contribution in [3.63, 3.8) is 0 Å². The number of thiocarbonyl (C=S) groups is 1. The summed E-state index contributed by atoms with van der Waals surface area (Å²) in [5.41, 5.74) is 5.46. The average Bonchev–Trinajstić information content (AvgIpc) is 3.30. The second-order valence-corrected chi connectivity index (χ2v) is 9.19. The van der Waals surface area contributed by atoms with Crippen molar-refractivity contribution in [2.45, 2.75) is 11.8 Å². The predicted octanol–water partition coefficient (Wildman–Crippen LogP) is 4.17. The van der Waals surface area contributed by atoms with Crippen LogP contribution in [-0.4, -0.2) is 29.7 Å². The third kappa shape index (κ3) is 6.03. The molecule has 0 unspecified atom stereocenters. The van der Waals surface area contributed by atoms with Crippen LogP contribution in [0.5, 0.6) is 0 Å². The monoisotopic (exact) mass is 492 g/mol. The van der Waals surface area contributed by atoms with Crippen molar-refractivity contribution in [1.82, 2.24) is 15.4 Å². The van der Waals surface area contributed by atoms with Crippen molar-refractivity contribution in [2.24, 2.45) is 5.10 Å². The van der Waals surface area contributed by atoms with Crippen molar-refractivity contribution in [1.29, 1.82) is 0 Å². The van der Waals surface area contributed by atoms with E-state index >= 15 is 0 Å². The molecular weight excluding hydrogens is 472 g/mol. The van der Waals surface area contributed by atoms with Gasteiger partial charge in [-0.15, -0.1) is 0 Å². The molecular formula is C23H20N6O3S2. The molecule has 4 rings (SSSR count). The van der Waals surface area contributed by atoms with E-state index in [1.54, 1.807) is 30.3 Å². The zero-order valence-corrected chi connectivity index (χ0v) is 19.6. The minimum atomic E-state index is -3.81. The summed E-state index contributed by atoms with van der Waals surface area (Å²) in [6.07, 6.45) is 4.40. The molecule has 0 amide bonds. The molecule has 0 spiro atoms. The third-order valence-electron chi connectivity index (χ3n) is 4.53. The van der Waals surface area contributed by atoms with E-state index in [2.05, 4.69) is 30.5 Å². The summed E-state index contributed by atoms with van der Waals surface area (Å²) in [7, 11) is -3.81. The van der Waals surface area contributed by atoms with Crippen LogP contribution in [0.4, 0.5) is 11.6 Å². The topological polar surface area (TPSA) is 122 Å². The van der Waals surface area contributed by atoms with Crippen LogP contribution in [0.15, 0.2) is 93.5 Å². The van der Waals surface area contributed by atoms with Crippen LogP contribution in [0.25, 0.3) is 11.3 Å². The maximum absolute atomic E-state index is 12.5. The number of anilines is 2. The summed E-state index contributed by atoms with van der Waals surface area (Å²) in [5.74, 6) is 1.06. The van der Waals surface area contributed by atoms with Crippen LogP contribution in [0.3, 0.4) is 0 Å². The van der Waals surface area contributed by atoms with Gasteiger partial charge in [-0.05, 0) is 73.7 Å². The van der Waals surface area contributed by atoms with E-state index in [1.165, 1.54) is 30.7 Å². The van der Waals surface area contributed by atoms with Gasteiger partial charge in [-0.1, -0.05) is 17.7 Å². The molecule has 0 saturated heterocycles. The smallest absolute Gasteiger partial charge is 0.264 e. The number of hydrazone groups is 1. The number of nitrogens with zero attached hydrogens (tertiary/aromatic N) is 3. The molecule has 11 heteroatoms. The lowest BCUT2D eigenvalue weighted by molar-refractivity contribution is 0.574. The van der Waals surface area contributed by atoms with Gasteiger partial charge >= 0.3 is 0 Å². The predicted molar refractivity (Wildman–Crippen MR) is 135 cm³/mol. The van der Waals surface area contributed by atoms with Crippen LogP contribution in [0.1, 0.15) is 11.3 Å². The van der Waals surface area contributed by atoms with Gasteiger partial charge < -0.3 is 9.73 Å². The van der Waals surface area contributed by atoms with Crippen LogP contribution in [-0.2, 0) is 10.0 Å². The van der Waals surface area contributed by atoms with Crippen molar-refractivity contribution < 1.29 is 12.8 Å². The largest absolute Gasteiger partial charge is 0.455 e. The molecule has 0 bridgehead atoms. The van der Waals surface area contributed by atoms with Crippen molar-refractivity contribution in [3.05, 3.63) is 90.4 Å². The Morgan fingerprint density at radius 1 is 1.00 bits per heavy atom. The van der Waals surface area contributed by atoms with Crippen LogP contribution < -0.4 is 15.5 Å². The van der Waals surface area contributed by atoms with E-state index in [9.17, 15) is 8.42 Å². The van der Waals surface area contributed by atoms with Gasteiger partial charge in [0.25, 0.3) is 10.0 Å². The van der Waals surface area contributed by atoms with Gasteiger partial charge in [-0.25, -0.2) is 23.1 Å². The summed E-state index contributed by atoms with van der Waals surface area (Å²) in [6, 6.07) is 19.2. The van der Waals surface area contributed by atoms with Crippen molar-refractivity contribution in [2.75, 3.05) is 10.0 Å². The first kappa shape index (κ1) is 23.1. The van der Waals surface area contributed by atoms with E-state index in [0.717, 1.165) is 11.3 Å². The fourth-order valence-electron chi connectivity index (χ4n) is 2.86. The fourth-order valence-corrected chi connectivity index (χ4v) is 3.99. The van der Waals surface area contributed by atoms with Crippen molar-refractivity contribution >= 4 is 45.2 Å². The Bertz CT molecular complexity index is 1400. The Hall–Kier alpha value is -4.09. The SMILES string of the molecule is Cc1ccc(NC(=S)N/N=C/c2ccc(-c3ccc(S(=O)(=O)Nc4ncccn4)cc3)o2)cc1. The number of benzene rings is 2. The molecule has 9 nitrogen and oxygen atoms in total. The molecule has 0 aliphatic rings. The standard InChI is InChI=1S/C23H20N6O3S2/c1-16-3-7-18(8-4-16)27-23(33)28-26-15-19-9-12-21(32-19)17-5-10-20(11-6-17)34(30,31)29-22-24-13-2-14-25-22/h2-15H,1H3,(H,24,25,29)(H2,27,28,33)/b26-15+. The van der Waals surface area contributed by atoms with E-state index in [1.807, 2.05) is 31.2 Å². The molecule has 0 atom stereocenters. The van der Waals surface area contributed by atoms with Gasteiger partial charge in [0, 0.05) is 23.6 Å². The first-order valence-corrected chi connectivity index (χ1v) is 11.9. The minimum absolute atomic E-state index is 0.00342. The Morgan fingerprint density at radius 2 is 1.71 bits per heavy atom. The minimum Gasteiger partial charge on any atom is -0.455 e. The number of hydrogen-bond donors (Lipinski definition) is 3. The van der Waals surface area contributed by atoms with Gasteiger partial charge in [0.15, 0.2) is 5.11 Å². The molecule has 0 radical (unpaired) electrons. The molecule has 2 aromatic heterocycles. The van der Waals surface area contributed by atoms with E-state index in [4.69, 9.17) is 16.6 Å². The summed E-state index contributed by atoms with van der Waals surface area (Å²) in [4.78, 5) is 7.82. The number of nitrogens with one attached hydrogen (secondary N) is 3. The second kappa shape index (κ2) is 10.2. The fraction of sp³-hybridized carbons (Fsp3) is 0.0435. The summed E-state index contributed by atoms with van der Waals surface area (Å²) >= 11 is 5.22. The number of aromatic nitrogens is 2. The Balaban J connectivity index is 1.36. The van der Waals surface area contributed by atoms with Crippen molar-refractivity contribution in [3.8, 4) is 11.3 Å². The first-order valence-electron chi connectivity index (χ1n) is 10.1. The van der Waals surface area contributed by atoms with Crippen LogP contribution >= 0.6 is 12.2 Å². The maximum Gasteiger partial charge on any atom is 0.264 e. The molecule has 2 aromatic carbocycles. The molecule has 2 heterocycles. The van der Waals surface area contributed by atoms with E-state index in [0.29, 0.717) is 22.2 Å². The van der Waals surface area contributed by atoms with Gasteiger partial charge in [0.05, 0.1) is 11.1 Å². The molecule has 172 valence electrons. The lowest BCUT2D eigenvalue weighted by Gasteiger charge is -2.07. The molecule has 4 aromatic rings. The number of rotatable bonds is 7. The third-order valence-corrected chi connectivity index (χ3v) is 6.07. The zero-order valence-electron chi connectivity index (χ0n) is 18.0. The van der Waals surface area contributed by atoms with Crippen LogP contribution in [0, 0.1) is 6.92 Å². The van der Waals surface area contributed by atoms with E-state index < -0.39 is 10.0 Å². The first-order chi connectivity index (χ1) is 16.4. The normalized spacial score (nSPS) is 11.3. The lowest BCUT2D eigenvalue weighted by Crippen LogP contribution is -2.23. The Morgan fingerprint density at radius 3 is 2.41 bits per heavy atom. The summed E-state index contributed by atoms with van der Waals surface area (Å²) in [5, 5.41) is 7.46. The Labute approximate surface area is 202 Å². The number of furan rings is 1. The van der Waals surface area contributed by atoms with Gasteiger partial charge in [-0.3, -0.25) is 5.43 Å². The molecule has 0 fully saturated rings. The zero-order chi connectivity index (χ0) is 24.0. The van der Waals surface area contributed by atoms with Crippen LogP contribution in [0.2, 0.25) is 0 Å². The molecule has 0 saturated carbocycles. The summed E-state index contributed by atoms with van der Waals surface area (Å²) in [6.45, 7) is 2.01. The highest BCUT2D eigenvalue weighted by atomic mass is 32.2. The molecule has 0 aliphatic carbocycles. The highest BCUT2D eigenvalue weighted by Gasteiger charge is 2.16. The molecule has 0 aliphatic heterocycles. The maximum atomic E-state index is 12.5. The highest BCUT2D eigenvalue weighted by Crippen LogP contribution is 2.24. The number of sulfonamides is 1. The van der Waals surface area contributed by atoms with Gasteiger partial charge in [0.2, 0.25) is 5.95 Å². The second-order valence-electron chi connectivity index (χ2n) is 7.09. The lowest BCUT2D eigenvalue weighted by atomic mass is 10.2. The number of aryl methyl sites for hydroxylation is 1. The number of hydrogen-bond acceptors (Lipinski definition) is 7. The Kier molecular flexibility index (Phi) is 6.95. The molecule has 3 N–H and O–H groups in total. The quantitative estimate of drug-likeness (QED) is 0.200. The van der Waals surface area contributed by atoms with E-state index in [-0.39, 0.29) is 10.8 Å². The summed E-state index contributed by atoms with van der Waals surface area (Å²) < 4.78 is 33.1. The average molecular weight is 493 g/mol.